The second-order valence-electron chi connectivity index (χ2n) is 5.36. The molecule has 0 bridgehead atoms. The van der Waals surface area contributed by atoms with Gasteiger partial charge in [-0.3, -0.25) is 4.79 Å². The van der Waals surface area contributed by atoms with Gasteiger partial charge in [-0.2, -0.15) is 0 Å². The van der Waals surface area contributed by atoms with Crippen molar-refractivity contribution in [1.29, 1.82) is 0 Å². The summed E-state index contributed by atoms with van der Waals surface area (Å²) in [6, 6.07) is 8.17. The molecule has 1 atom stereocenters. The van der Waals surface area contributed by atoms with Gasteiger partial charge in [-0.25, -0.2) is 0 Å². The number of amides is 1. The molecule has 0 aliphatic heterocycles. The topological polar surface area (TPSA) is 50.4 Å². The number of rotatable bonds is 8. The first-order chi connectivity index (χ1) is 9.74. The first-order valence-corrected chi connectivity index (χ1v) is 7.32. The highest BCUT2D eigenvalue weighted by Gasteiger charge is 2.33. The maximum absolute atomic E-state index is 12.0. The van der Waals surface area contributed by atoms with Crippen LogP contribution in [0.25, 0.3) is 0 Å². The number of nitrogens with one attached hydrogen (secondary N) is 2. The molecule has 0 radical (unpaired) electrons. The molecular weight excluding hydrogens is 288 g/mol. The van der Waals surface area contributed by atoms with Gasteiger partial charge in [-0.05, 0) is 56.5 Å². The highest BCUT2D eigenvalue weighted by atomic mass is 35.5. The first-order valence-electron chi connectivity index (χ1n) is 7.32. The molecule has 0 spiro atoms. The van der Waals surface area contributed by atoms with Crippen molar-refractivity contribution in [3.63, 3.8) is 0 Å². The van der Waals surface area contributed by atoms with Crippen LogP contribution in [0, 0.1) is 5.92 Å². The average Bonchev–Trinajstić information content (AvgIpc) is 3.30. The Morgan fingerprint density at radius 1 is 1.33 bits per heavy atom. The third-order valence-electron chi connectivity index (χ3n) is 3.72. The lowest BCUT2D eigenvalue weighted by Gasteiger charge is -2.19. The molecular formula is C16H25ClN2O2. The summed E-state index contributed by atoms with van der Waals surface area (Å²) in [6.45, 7) is 0.879. The zero-order valence-electron chi connectivity index (χ0n) is 12.7. The van der Waals surface area contributed by atoms with Gasteiger partial charge in [-0.1, -0.05) is 12.1 Å². The lowest BCUT2D eigenvalue weighted by atomic mass is 10.0. The second kappa shape index (κ2) is 8.90. The van der Waals surface area contributed by atoms with Crippen molar-refractivity contribution in [2.24, 2.45) is 5.92 Å². The normalized spacial score (nSPS) is 15.0. The van der Waals surface area contributed by atoms with Gasteiger partial charge in [0, 0.05) is 6.42 Å². The van der Waals surface area contributed by atoms with E-state index in [-0.39, 0.29) is 24.4 Å². The lowest BCUT2D eigenvalue weighted by molar-refractivity contribution is -0.122. The van der Waals surface area contributed by atoms with E-state index in [4.69, 9.17) is 4.74 Å². The summed E-state index contributed by atoms with van der Waals surface area (Å²) in [7, 11) is 3.57. The van der Waals surface area contributed by atoms with Gasteiger partial charge >= 0.3 is 0 Å². The van der Waals surface area contributed by atoms with E-state index in [1.54, 1.807) is 7.11 Å². The van der Waals surface area contributed by atoms with Crippen molar-refractivity contribution in [3.05, 3.63) is 29.8 Å². The third-order valence-corrected chi connectivity index (χ3v) is 3.72. The highest BCUT2D eigenvalue weighted by Crippen LogP contribution is 2.41. The number of carbonyl (C=O) groups is 1. The Bertz CT molecular complexity index is 432. The number of hydrogen-bond donors (Lipinski definition) is 2. The molecule has 1 fully saturated rings. The number of hydrogen-bond acceptors (Lipinski definition) is 3. The summed E-state index contributed by atoms with van der Waals surface area (Å²) in [6.07, 6.45) is 3.86. The van der Waals surface area contributed by atoms with E-state index < -0.39 is 0 Å². The molecule has 0 heterocycles. The molecule has 1 aliphatic carbocycles. The Morgan fingerprint density at radius 3 is 2.52 bits per heavy atom. The van der Waals surface area contributed by atoms with Crippen molar-refractivity contribution >= 4 is 18.3 Å². The zero-order chi connectivity index (χ0) is 14.4. The van der Waals surface area contributed by atoms with Gasteiger partial charge in [0.1, 0.15) is 5.75 Å². The van der Waals surface area contributed by atoms with E-state index in [0.717, 1.165) is 18.7 Å². The highest BCUT2D eigenvalue weighted by molar-refractivity contribution is 5.85. The van der Waals surface area contributed by atoms with Crippen LogP contribution >= 0.6 is 12.4 Å². The fraction of sp³-hybridized carbons (Fsp3) is 0.562. The van der Waals surface area contributed by atoms with Crippen LogP contribution < -0.4 is 15.4 Å². The SMILES string of the molecule is CNCCCC(=O)NC(c1ccc(OC)cc1)C1CC1.Cl. The minimum atomic E-state index is 0. The van der Waals surface area contributed by atoms with E-state index in [2.05, 4.69) is 22.8 Å². The zero-order valence-corrected chi connectivity index (χ0v) is 13.5. The largest absolute Gasteiger partial charge is 0.497 e. The molecule has 118 valence electrons. The van der Waals surface area contributed by atoms with E-state index in [1.807, 2.05) is 19.2 Å². The Labute approximate surface area is 133 Å². The Hall–Kier alpha value is -1.26. The van der Waals surface area contributed by atoms with Gasteiger partial charge in [0.05, 0.1) is 13.2 Å². The van der Waals surface area contributed by atoms with Crippen molar-refractivity contribution in [3.8, 4) is 5.75 Å². The Balaban J connectivity index is 0.00000220. The molecule has 2 rings (SSSR count). The van der Waals surface area contributed by atoms with Crippen LogP contribution in [0.3, 0.4) is 0 Å². The molecule has 0 saturated heterocycles. The monoisotopic (exact) mass is 312 g/mol. The first kappa shape index (κ1) is 17.8. The number of benzene rings is 1. The van der Waals surface area contributed by atoms with Crippen molar-refractivity contribution in [2.45, 2.75) is 31.7 Å². The molecule has 5 heteroatoms. The van der Waals surface area contributed by atoms with Gasteiger partial charge in [-0.15, -0.1) is 12.4 Å². The maximum Gasteiger partial charge on any atom is 0.220 e. The summed E-state index contributed by atoms with van der Waals surface area (Å²) < 4.78 is 5.18. The number of ether oxygens (including phenoxy) is 1. The number of methoxy groups -OCH3 is 1. The maximum atomic E-state index is 12.0. The minimum absolute atomic E-state index is 0. The molecule has 2 N–H and O–H groups in total. The summed E-state index contributed by atoms with van der Waals surface area (Å²) in [4.78, 5) is 12.0. The smallest absolute Gasteiger partial charge is 0.220 e. The fourth-order valence-corrected chi connectivity index (χ4v) is 2.39. The molecule has 1 saturated carbocycles. The molecule has 1 aromatic rings. The van der Waals surface area contributed by atoms with E-state index in [1.165, 1.54) is 18.4 Å². The minimum Gasteiger partial charge on any atom is -0.497 e. The van der Waals surface area contributed by atoms with Gasteiger partial charge in [0.15, 0.2) is 0 Å². The van der Waals surface area contributed by atoms with E-state index in [0.29, 0.717) is 12.3 Å². The van der Waals surface area contributed by atoms with Gasteiger partial charge < -0.3 is 15.4 Å². The van der Waals surface area contributed by atoms with Gasteiger partial charge in [0.25, 0.3) is 0 Å². The fourth-order valence-electron chi connectivity index (χ4n) is 2.39. The predicted molar refractivity (Wildman–Crippen MR) is 87.0 cm³/mol. The molecule has 4 nitrogen and oxygen atoms in total. The molecule has 1 aromatic carbocycles. The standard InChI is InChI=1S/C16H24N2O2.ClH/c1-17-11-3-4-15(19)18-16(12-5-6-12)13-7-9-14(20-2)10-8-13;/h7-10,12,16-17H,3-6,11H2,1-2H3,(H,18,19);1H. The van der Waals surface area contributed by atoms with Crippen LogP contribution in [-0.2, 0) is 4.79 Å². The summed E-state index contributed by atoms with van der Waals surface area (Å²) in [5.74, 6) is 1.59. The van der Waals surface area contributed by atoms with Crippen LogP contribution in [0.5, 0.6) is 5.75 Å². The summed E-state index contributed by atoms with van der Waals surface area (Å²) in [5, 5.41) is 6.25. The molecule has 21 heavy (non-hydrogen) atoms. The molecule has 0 aromatic heterocycles. The predicted octanol–water partition coefficient (Wildman–Crippen LogP) is 2.68. The lowest BCUT2D eigenvalue weighted by Crippen LogP contribution is -2.30. The van der Waals surface area contributed by atoms with Crippen LogP contribution in [-0.4, -0.2) is 26.6 Å². The summed E-state index contributed by atoms with van der Waals surface area (Å²) >= 11 is 0. The van der Waals surface area contributed by atoms with Crippen LogP contribution in [0.1, 0.15) is 37.3 Å². The van der Waals surface area contributed by atoms with E-state index >= 15 is 0 Å². The molecule has 1 unspecified atom stereocenters. The summed E-state index contributed by atoms with van der Waals surface area (Å²) in [5.41, 5.74) is 1.18. The van der Waals surface area contributed by atoms with Crippen LogP contribution in [0.4, 0.5) is 0 Å². The van der Waals surface area contributed by atoms with Crippen molar-refractivity contribution < 1.29 is 9.53 Å². The third kappa shape index (κ3) is 5.56. The van der Waals surface area contributed by atoms with E-state index in [9.17, 15) is 4.79 Å². The van der Waals surface area contributed by atoms with Gasteiger partial charge in [0.2, 0.25) is 5.91 Å². The van der Waals surface area contributed by atoms with Crippen LogP contribution in [0.2, 0.25) is 0 Å². The molecule has 1 amide bonds. The van der Waals surface area contributed by atoms with Crippen molar-refractivity contribution in [1.82, 2.24) is 10.6 Å². The molecule has 1 aliphatic rings. The quantitative estimate of drug-likeness (QED) is 0.726. The number of carbonyl (C=O) groups excluding carboxylic acids is 1. The second-order valence-corrected chi connectivity index (χ2v) is 5.36. The Kier molecular flexibility index (Phi) is 7.54. The average molecular weight is 313 g/mol. The number of halogens is 1. The Morgan fingerprint density at radius 2 is 2.00 bits per heavy atom. The van der Waals surface area contributed by atoms with Crippen molar-refractivity contribution in [2.75, 3.05) is 20.7 Å². The van der Waals surface area contributed by atoms with Crippen LogP contribution in [0.15, 0.2) is 24.3 Å².